The van der Waals surface area contributed by atoms with E-state index in [0.29, 0.717) is 5.56 Å². The maximum atomic E-state index is 11.2. The van der Waals surface area contributed by atoms with Crippen LogP contribution in [-0.2, 0) is 9.53 Å². The van der Waals surface area contributed by atoms with E-state index in [2.05, 4.69) is 0 Å². The SMILES string of the molecule is CCOC(=O)C[C@@H](N)c1ccc(O)c(C(=O)O)c1.Cl. The number of hydrogen-bond acceptors (Lipinski definition) is 5. The Labute approximate surface area is 116 Å². The smallest absolute Gasteiger partial charge is 0.339 e. The highest BCUT2D eigenvalue weighted by molar-refractivity contribution is 5.91. The van der Waals surface area contributed by atoms with Gasteiger partial charge in [-0.1, -0.05) is 6.07 Å². The second kappa shape index (κ2) is 7.60. The first-order valence-electron chi connectivity index (χ1n) is 5.43. The molecule has 0 amide bonds. The molecular weight excluding hydrogens is 274 g/mol. The molecule has 0 aliphatic heterocycles. The maximum absolute atomic E-state index is 11.2. The summed E-state index contributed by atoms with van der Waals surface area (Å²) in [5, 5.41) is 18.2. The van der Waals surface area contributed by atoms with E-state index >= 15 is 0 Å². The van der Waals surface area contributed by atoms with E-state index in [9.17, 15) is 14.7 Å². The topological polar surface area (TPSA) is 110 Å². The van der Waals surface area contributed by atoms with Crippen LogP contribution < -0.4 is 5.73 Å². The molecule has 0 radical (unpaired) electrons. The van der Waals surface area contributed by atoms with E-state index < -0.39 is 18.0 Å². The highest BCUT2D eigenvalue weighted by Crippen LogP contribution is 2.23. The van der Waals surface area contributed by atoms with Gasteiger partial charge >= 0.3 is 11.9 Å². The highest BCUT2D eigenvalue weighted by Gasteiger charge is 2.16. The van der Waals surface area contributed by atoms with E-state index in [1.807, 2.05) is 0 Å². The number of carbonyl (C=O) groups is 2. The maximum Gasteiger partial charge on any atom is 0.339 e. The lowest BCUT2D eigenvalue weighted by molar-refractivity contribution is -0.143. The van der Waals surface area contributed by atoms with Crippen molar-refractivity contribution in [1.82, 2.24) is 0 Å². The van der Waals surface area contributed by atoms with Crippen LogP contribution in [0.15, 0.2) is 18.2 Å². The number of benzene rings is 1. The summed E-state index contributed by atoms with van der Waals surface area (Å²) in [4.78, 5) is 22.1. The summed E-state index contributed by atoms with van der Waals surface area (Å²) in [5.41, 5.74) is 5.98. The van der Waals surface area contributed by atoms with E-state index in [0.717, 1.165) is 0 Å². The number of rotatable bonds is 5. The van der Waals surface area contributed by atoms with Crippen molar-refractivity contribution in [1.29, 1.82) is 0 Å². The number of carboxylic acid groups (broad SMARTS) is 1. The van der Waals surface area contributed by atoms with Gasteiger partial charge < -0.3 is 20.7 Å². The number of esters is 1. The molecule has 106 valence electrons. The van der Waals surface area contributed by atoms with Crippen molar-refractivity contribution in [3.05, 3.63) is 29.3 Å². The Balaban J connectivity index is 0.00000324. The average molecular weight is 290 g/mol. The summed E-state index contributed by atoms with van der Waals surface area (Å²) in [6, 6.07) is 3.31. The van der Waals surface area contributed by atoms with E-state index in [-0.39, 0.29) is 36.7 Å². The van der Waals surface area contributed by atoms with Crippen LogP contribution in [0.4, 0.5) is 0 Å². The minimum absolute atomic E-state index is 0. The first kappa shape index (κ1) is 17.2. The predicted octanol–water partition coefficient (Wildman–Crippen LogP) is 1.47. The minimum atomic E-state index is -1.25. The van der Waals surface area contributed by atoms with Crippen molar-refractivity contribution in [3.8, 4) is 5.75 Å². The molecule has 0 bridgehead atoms. The third-order valence-electron chi connectivity index (χ3n) is 2.37. The fourth-order valence-electron chi connectivity index (χ4n) is 1.47. The lowest BCUT2D eigenvalue weighted by atomic mass is 10.0. The Morgan fingerprint density at radius 3 is 2.58 bits per heavy atom. The normalized spacial score (nSPS) is 11.3. The quantitative estimate of drug-likeness (QED) is 0.708. The highest BCUT2D eigenvalue weighted by atomic mass is 35.5. The number of hydrogen-bond donors (Lipinski definition) is 3. The van der Waals surface area contributed by atoms with Crippen LogP contribution in [-0.4, -0.2) is 28.8 Å². The standard InChI is InChI=1S/C12H15NO5.ClH/c1-2-18-11(15)6-9(13)7-3-4-10(14)8(5-7)12(16)17;/h3-5,9,14H,2,6,13H2,1H3,(H,16,17);1H/t9-;/m1./s1. The Morgan fingerprint density at radius 1 is 1.42 bits per heavy atom. The zero-order valence-electron chi connectivity index (χ0n) is 10.3. The third-order valence-corrected chi connectivity index (χ3v) is 2.37. The molecule has 0 saturated carbocycles. The molecule has 6 nitrogen and oxygen atoms in total. The molecule has 1 aromatic rings. The second-order valence-corrected chi connectivity index (χ2v) is 3.70. The molecule has 0 spiro atoms. The van der Waals surface area contributed by atoms with Gasteiger partial charge in [-0.3, -0.25) is 4.79 Å². The minimum Gasteiger partial charge on any atom is -0.507 e. The third kappa shape index (κ3) is 4.76. The number of phenols is 1. The Hall–Kier alpha value is -1.79. The zero-order chi connectivity index (χ0) is 13.7. The summed E-state index contributed by atoms with van der Waals surface area (Å²) >= 11 is 0. The lowest BCUT2D eigenvalue weighted by Crippen LogP contribution is -2.17. The number of carbonyl (C=O) groups excluding carboxylic acids is 1. The van der Waals surface area contributed by atoms with Gasteiger partial charge in [0.2, 0.25) is 0 Å². The molecule has 0 aliphatic carbocycles. The average Bonchev–Trinajstić information content (AvgIpc) is 2.29. The molecule has 7 heteroatoms. The summed E-state index contributed by atoms with van der Waals surface area (Å²) in [6.07, 6.45) is -0.0440. The number of aromatic hydroxyl groups is 1. The van der Waals surface area contributed by atoms with E-state index in [1.54, 1.807) is 6.92 Å². The molecule has 0 saturated heterocycles. The van der Waals surface area contributed by atoms with Gasteiger partial charge in [0.25, 0.3) is 0 Å². The van der Waals surface area contributed by atoms with Crippen LogP contribution in [0.3, 0.4) is 0 Å². The summed E-state index contributed by atoms with van der Waals surface area (Å²) in [6.45, 7) is 1.95. The van der Waals surface area contributed by atoms with Crippen LogP contribution in [0.5, 0.6) is 5.75 Å². The molecule has 0 heterocycles. The van der Waals surface area contributed by atoms with Crippen LogP contribution in [0.1, 0.15) is 35.3 Å². The number of aromatic carboxylic acids is 1. The van der Waals surface area contributed by atoms with Gasteiger partial charge in [0.15, 0.2) is 0 Å². The Morgan fingerprint density at radius 2 is 2.05 bits per heavy atom. The molecule has 1 atom stereocenters. The van der Waals surface area contributed by atoms with Gasteiger partial charge in [0.05, 0.1) is 13.0 Å². The molecule has 4 N–H and O–H groups in total. The van der Waals surface area contributed by atoms with E-state index in [4.69, 9.17) is 15.6 Å². The Bertz CT molecular complexity index is 463. The number of halogens is 1. The number of carboxylic acids is 1. The first-order valence-corrected chi connectivity index (χ1v) is 5.43. The van der Waals surface area contributed by atoms with Crippen LogP contribution in [0.2, 0.25) is 0 Å². The van der Waals surface area contributed by atoms with Gasteiger partial charge in [0, 0.05) is 6.04 Å². The lowest BCUT2D eigenvalue weighted by Gasteiger charge is -2.12. The Kier molecular flexibility index (Phi) is 6.89. The molecule has 0 aromatic heterocycles. The van der Waals surface area contributed by atoms with Crippen molar-refractivity contribution in [2.75, 3.05) is 6.61 Å². The molecule has 19 heavy (non-hydrogen) atoms. The van der Waals surface area contributed by atoms with Crippen LogP contribution in [0, 0.1) is 0 Å². The molecule has 1 rings (SSSR count). The molecule has 0 unspecified atom stereocenters. The molecule has 1 aromatic carbocycles. The number of nitrogens with two attached hydrogens (primary N) is 1. The summed E-state index contributed by atoms with van der Waals surface area (Å²) in [5.74, 6) is -2.04. The summed E-state index contributed by atoms with van der Waals surface area (Å²) < 4.78 is 4.75. The fraction of sp³-hybridized carbons (Fsp3) is 0.333. The van der Waals surface area contributed by atoms with Crippen molar-refractivity contribution in [2.24, 2.45) is 5.73 Å². The predicted molar refractivity (Wildman–Crippen MR) is 70.5 cm³/mol. The largest absolute Gasteiger partial charge is 0.507 e. The van der Waals surface area contributed by atoms with Crippen LogP contribution in [0.25, 0.3) is 0 Å². The van der Waals surface area contributed by atoms with Gasteiger partial charge in [-0.25, -0.2) is 4.79 Å². The monoisotopic (exact) mass is 289 g/mol. The van der Waals surface area contributed by atoms with Crippen molar-refractivity contribution in [3.63, 3.8) is 0 Å². The van der Waals surface area contributed by atoms with Gasteiger partial charge in [0.1, 0.15) is 11.3 Å². The molecular formula is C12H16ClNO5. The van der Waals surface area contributed by atoms with Crippen molar-refractivity contribution < 1.29 is 24.5 Å². The van der Waals surface area contributed by atoms with Crippen molar-refractivity contribution in [2.45, 2.75) is 19.4 Å². The fourth-order valence-corrected chi connectivity index (χ4v) is 1.47. The van der Waals surface area contributed by atoms with Crippen LogP contribution >= 0.6 is 12.4 Å². The van der Waals surface area contributed by atoms with Gasteiger partial charge in [-0.15, -0.1) is 12.4 Å². The van der Waals surface area contributed by atoms with Gasteiger partial charge in [-0.05, 0) is 24.6 Å². The van der Waals surface area contributed by atoms with Gasteiger partial charge in [-0.2, -0.15) is 0 Å². The molecule has 0 fully saturated rings. The molecule has 0 aliphatic rings. The summed E-state index contributed by atoms with van der Waals surface area (Å²) in [7, 11) is 0. The van der Waals surface area contributed by atoms with E-state index in [1.165, 1.54) is 18.2 Å². The number of ether oxygens (including phenoxy) is 1. The zero-order valence-corrected chi connectivity index (χ0v) is 11.1. The van der Waals surface area contributed by atoms with Crippen molar-refractivity contribution >= 4 is 24.3 Å². The second-order valence-electron chi connectivity index (χ2n) is 3.70. The first-order chi connectivity index (χ1) is 8.45.